The van der Waals surface area contributed by atoms with E-state index in [9.17, 15) is 8.42 Å². The summed E-state index contributed by atoms with van der Waals surface area (Å²) in [7, 11) is -3.11. The topological polar surface area (TPSA) is 46.2 Å². The third-order valence-corrected chi connectivity index (χ3v) is 7.31. The third kappa shape index (κ3) is 3.94. The predicted molar refractivity (Wildman–Crippen MR) is 78.5 cm³/mol. The number of hydrogen-bond donors (Lipinski definition) is 1. The Bertz CT molecular complexity index is 352. The van der Waals surface area contributed by atoms with E-state index < -0.39 is 10.0 Å². The fraction of sp³-hybridized carbons (Fsp3) is 1.00. The molecule has 0 aromatic heterocycles. The van der Waals surface area contributed by atoms with E-state index in [4.69, 9.17) is 0 Å². The van der Waals surface area contributed by atoms with Gasteiger partial charge in [0, 0.05) is 10.9 Å². The lowest BCUT2D eigenvalue weighted by Gasteiger charge is -2.27. The van der Waals surface area contributed by atoms with Gasteiger partial charge >= 0.3 is 0 Å². The van der Waals surface area contributed by atoms with Crippen LogP contribution in [0, 0.1) is 0 Å². The van der Waals surface area contributed by atoms with Crippen LogP contribution in [-0.4, -0.2) is 24.5 Å². The maximum atomic E-state index is 12.4. The monoisotopic (exact) mass is 337 g/mol. The summed E-state index contributed by atoms with van der Waals surface area (Å²) in [6.07, 6.45) is 10.6. The lowest BCUT2D eigenvalue weighted by molar-refractivity contribution is 0.463. The summed E-state index contributed by atoms with van der Waals surface area (Å²) in [5.74, 6) is 0. The largest absolute Gasteiger partial charge is 0.214 e. The van der Waals surface area contributed by atoms with Gasteiger partial charge in [-0.2, -0.15) is 0 Å². The molecule has 2 saturated carbocycles. The molecule has 0 saturated heterocycles. The molecule has 0 bridgehead atoms. The number of sulfonamides is 1. The molecule has 0 aromatic rings. The van der Waals surface area contributed by atoms with Crippen molar-refractivity contribution in [1.82, 2.24) is 4.72 Å². The second-order valence-electron chi connectivity index (χ2n) is 5.68. The second kappa shape index (κ2) is 6.71. The molecule has 2 rings (SSSR count). The SMILES string of the molecule is O=S(=O)(NC1CCCCCC1Br)C1CCCCC1. The molecule has 2 aliphatic rings. The standard InChI is InChI=1S/C13H24BrNO2S/c14-12-9-5-2-6-10-13(12)15-18(16,17)11-7-3-1-4-8-11/h11-13,15H,1-10H2. The number of nitrogens with one attached hydrogen (secondary N) is 1. The minimum absolute atomic E-state index is 0.0967. The molecule has 0 radical (unpaired) electrons. The highest BCUT2D eigenvalue weighted by Crippen LogP contribution is 2.27. The van der Waals surface area contributed by atoms with Crippen LogP contribution in [0.25, 0.3) is 0 Å². The molecule has 0 spiro atoms. The first-order valence-corrected chi connectivity index (χ1v) is 9.71. The van der Waals surface area contributed by atoms with E-state index in [1.54, 1.807) is 0 Å². The van der Waals surface area contributed by atoms with Crippen molar-refractivity contribution in [2.24, 2.45) is 0 Å². The Morgan fingerprint density at radius 3 is 2.06 bits per heavy atom. The quantitative estimate of drug-likeness (QED) is 0.634. The highest BCUT2D eigenvalue weighted by atomic mass is 79.9. The fourth-order valence-corrected chi connectivity index (χ4v) is 5.82. The van der Waals surface area contributed by atoms with Crippen molar-refractivity contribution in [1.29, 1.82) is 0 Å². The molecule has 3 nitrogen and oxygen atoms in total. The molecule has 18 heavy (non-hydrogen) atoms. The van der Waals surface area contributed by atoms with Crippen LogP contribution in [0.1, 0.15) is 64.2 Å². The van der Waals surface area contributed by atoms with E-state index in [1.165, 1.54) is 19.3 Å². The smallest absolute Gasteiger partial charge is 0.212 e. The Balaban J connectivity index is 1.97. The van der Waals surface area contributed by atoms with E-state index in [2.05, 4.69) is 20.7 Å². The first-order chi connectivity index (χ1) is 8.59. The molecule has 2 unspecified atom stereocenters. The predicted octanol–water partition coefficient (Wildman–Crippen LogP) is 3.33. The summed E-state index contributed by atoms with van der Waals surface area (Å²) in [4.78, 5) is 0.304. The van der Waals surface area contributed by atoms with Gasteiger partial charge in [0.25, 0.3) is 0 Å². The van der Waals surface area contributed by atoms with Gasteiger partial charge in [-0.25, -0.2) is 13.1 Å². The van der Waals surface area contributed by atoms with Crippen LogP contribution in [0.5, 0.6) is 0 Å². The molecular formula is C13H24BrNO2S. The summed E-state index contributed by atoms with van der Waals surface area (Å²) in [5, 5.41) is -0.144. The Hall–Kier alpha value is 0.390. The van der Waals surface area contributed by atoms with Crippen molar-refractivity contribution in [2.75, 3.05) is 0 Å². The van der Waals surface area contributed by atoms with Crippen molar-refractivity contribution < 1.29 is 8.42 Å². The van der Waals surface area contributed by atoms with E-state index in [1.807, 2.05) is 0 Å². The molecule has 1 N–H and O–H groups in total. The van der Waals surface area contributed by atoms with E-state index >= 15 is 0 Å². The number of alkyl halides is 1. The Kier molecular flexibility index (Phi) is 5.51. The van der Waals surface area contributed by atoms with Gasteiger partial charge in [0.15, 0.2) is 0 Å². The summed E-state index contributed by atoms with van der Waals surface area (Å²) in [6, 6.07) is 0.0967. The molecule has 0 aromatic carbocycles. The van der Waals surface area contributed by atoms with Crippen molar-refractivity contribution in [3.63, 3.8) is 0 Å². The van der Waals surface area contributed by atoms with Crippen LogP contribution in [0.2, 0.25) is 0 Å². The van der Waals surface area contributed by atoms with Gasteiger partial charge in [-0.15, -0.1) is 0 Å². The fourth-order valence-electron chi connectivity index (χ4n) is 3.08. The molecule has 0 amide bonds. The molecule has 5 heteroatoms. The second-order valence-corrected chi connectivity index (χ2v) is 8.85. The molecule has 106 valence electrons. The Labute approximate surface area is 119 Å². The molecular weight excluding hydrogens is 314 g/mol. The lowest BCUT2D eigenvalue weighted by atomic mass is 10.0. The van der Waals surface area contributed by atoms with Crippen LogP contribution < -0.4 is 4.72 Å². The average molecular weight is 338 g/mol. The average Bonchev–Trinajstić information content (AvgIpc) is 2.56. The van der Waals surface area contributed by atoms with E-state index in [0.717, 1.165) is 44.9 Å². The van der Waals surface area contributed by atoms with Crippen LogP contribution >= 0.6 is 15.9 Å². The van der Waals surface area contributed by atoms with Crippen LogP contribution in [0.4, 0.5) is 0 Å². The van der Waals surface area contributed by atoms with Crippen molar-refractivity contribution in [3.8, 4) is 0 Å². The van der Waals surface area contributed by atoms with Gasteiger partial charge in [0.05, 0.1) is 5.25 Å². The van der Waals surface area contributed by atoms with Gasteiger partial charge in [0.1, 0.15) is 0 Å². The molecule has 2 fully saturated rings. The van der Waals surface area contributed by atoms with Gasteiger partial charge < -0.3 is 0 Å². The van der Waals surface area contributed by atoms with Crippen molar-refractivity contribution >= 4 is 26.0 Å². The summed E-state index contributed by atoms with van der Waals surface area (Å²) in [6.45, 7) is 0. The van der Waals surface area contributed by atoms with Crippen molar-refractivity contribution in [2.45, 2.75) is 80.3 Å². The summed E-state index contributed by atoms with van der Waals surface area (Å²) >= 11 is 3.65. The highest BCUT2D eigenvalue weighted by Gasteiger charge is 2.32. The van der Waals surface area contributed by atoms with Gasteiger partial charge in [-0.3, -0.25) is 0 Å². The minimum Gasteiger partial charge on any atom is -0.212 e. The Morgan fingerprint density at radius 1 is 0.833 bits per heavy atom. The molecule has 0 heterocycles. The van der Waals surface area contributed by atoms with Gasteiger partial charge in [0.2, 0.25) is 10.0 Å². The summed E-state index contributed by atoms with van der Waals surface area (Å²) in [5.41, 5.74) is 0. The third-order valence-electron chi connectivity index (χ3n) is 4.24. The zero-order valence-electron chi connectivity index (χ0n) is 10.9. The van der Waals surface area contributed by atoms with Crippen LogP contribution in [-0.2, 0) is 10.0 Å². The zero-order valence-corrected chi connectivity index (χ0v) is 13.3. The normalized spacial score (nSPS) is 32.1. The number of hydrogen-bond acceptors (Lipinski definition) is 2. The number of halogens is 1. The maximum Gasteiger partial charge on any atom is 0.214 e. The van der Waals surface area contributed by atoms with E-state index in [-0.39, 0.29) is 11.3 Å². The zero-order chi connectivity index (χ0) is 13.0. The minimum atomic E-state index is -3.11. The maximum absolute atomic E-state index is 12.4. The summed E-state index contributed by atoms with van der Waals surface area (Å²) < 4.78 is 27.7. The Morgan fingerprint density at radius 2 is 1.39 bits per heavy atom. The van der Waals surface area contributed by atoms with Crippen LogP contribution in [0.15, 0.2) is 0 Å². The molecule has 2 atom stereocenters. The van der Waals surface area contributed by atoms with Crippen molar-refractivity contribution in [3.05, 3.63) is 0 Å². The van der Waals surface area contributed by atoms with Gasteiger partial charge in [-0.05, 0) is 25.7 Å². The highest BCUT2D eigenvalue weighted by molar-refractivity contribution is 9.09. The van der Waals surface area contributed by atoms with Gasteiger partial charge in [-0.1, -0.05) is 54.5 Å². The lowest BCUT2D eigenvalue weighted by Crippen LogP contribution is -2.45. The van der Waals surface area contributed by atoms with Crippen LogP contribution in [0.3, 0.4) is 0 Å². The number of rotatable bonds is 3. The first kappa shape index (κ1) is 14.8. The molecule has 0 aliphatic heterocycles. The van der Waals surface area contributed by atoms with E-state index in [0.29, 0.717) is 4.83 Å². The molecule has 2 aliphatic carbocycles. The first-order valence-electron chi connectivity index (χ1n) is 7.25.